The lowest BCUT2D eigenvalue weighted by Crippen LogP contribution is -2.55. The number of hydrogen-bond donors (Lipinski definition) is 0. The minimum Gasteiger partial charge on any atom is -0.300 e. The van der Waals surface area contributed by atoms with Gasteiger partial charge in [-0.05, 0) is 65.5 Å². The number of likely N-dealkylation sites (tertiary alicyclic amines) is 1. The Hall–Kier alpha value is -0.450. The van der Waals surface area contributed by atoms with Gasteiger partial charge in [0, 0.05) is 56.1 Å². The molecule has 4 heteroatoms. The van der Waals surface area contributed by atoms with Crippen LogP contribution in [0.1, 0.15) is 66.2 Å². The van der Waals surface area contributed by atoms with Gasteiger partial charge < -0.3 is 4.90 Å². The molecule has 150 valence electrons. The normalized spacial score (nSPS) is 31.0. The quantitative estimate of drug-likeness (QED) is 0.749. The van der Waals surface area contributed by atoms with Gasteiger partial charge in [-0.1, -0.05) is 13.8 Å². The summed E-state index contributed by atoms with van der Waals surface area (Å²) < 4.78 is 0. The van der Waals surface area contributed by atoms with E-state index in [0.717, 1.165) is 24.9 Å². The van der Waals surface area contributed by atoms with E-state index in [0.29, 0.717) is 17.7 Å². The maximum Gasteiger partial charge on any atom is 0.138 e. The number of rotatable bonds is 5. The van der Waals surface area contributed by atoms with Crippen LogP contribution in [-0.2, 0) is 4.79 Å². The summed E-state index contributed by atoms with van der Waals surface area (Å²) >= 11 is 0. The van der Waals surface area contributed by atoms with Crippen LogP contribution >= 0.6 is 0 Å². The van der Waals surface area contributed by atoms with E-state index < -0.39 is 0 Å². The molecule has 0 aromatic rings. The van der Waals surface area contributed by atoms with Crippen LogP contribution in [0.2, 0.25) is 0 Å². The molecule has 0 unspecified atom stereocenters. The number of piperidine rings is 1. The van der Waals surface area contributed by atoms with Crippen molar-refractivity contribution < 1.29 is 4.79 Å². The monoisotopic (exact) mass is 363 g/mol. The van der Waals surface area contributed by atoms with Crippen LogP contribution in [0.15, 0.2) is 0 Å². The highest BCUT2D eigenvalue weighted by Crippen LogP contribution is 2.32. The van der Waals surface area contributed by atoms with Crippen molar-refractivity contribution >= 4 is 5.78 Å². The topological polar surface area (TPSA) is 26.8 Å². The van der Waals surface area contributed by atoms with Crippen LogP contribution in [0.4, 0.5) is 0 Å². The predicted octanol–water partition coefficient (Wildman–Crippen LogP) is 3.26. The van der Waals surface area contributed by atoms with Gasteiger partial charge in [-0.15, -0.1) is 0 Å². The average Bonchev–Trinajstić information content (AvgIpc) is 2.67. The molecular formula is C22H41N3O. The second kappa shape index (κ2) is 9.16. The number of piperazine rings is 1. The van der Waals surface area contributed by atoms with Crippen molar-refractivity contribution in [3.05, 3.63) is 0 Å². The maximum absolute atomic E-state index is 12.2. The molecule has 0 aromatic carbocycles. The van der Waals surface area contributed by atoms with E-state index >= 15 is 0 Å². The van der Waals surface area contributed by atoms with Crippen LogP contribution in [0.25, 0.3) is 0 Å². The van der Waals surface area contributed by atoms with Crippen molar-refractivity contribution in [1.82, 2.24) is 14.7 Å². The minimum absolute atomic E-state index is 0.212. The number of ketones is 1. The van der Waals surface area contributed by atoms with E-state index in [1.54, 1.807) is 0 Å². The first kappa shape index (κ1) is 20.3. The Morgan fingerprint density at radius 2 is 1.19 bits per heavy atom. The van der Waals surface area contributed by atoms with Crippen molar-refractivity contribution in [2.24, 2.45) is 11.8 Å². The van der Waals surface area contributed by atoms with Gasteiger partial charge in [-0.25, -0.2) is 0 Å². The number of nitrogens with zero attached hydrogens (tertiary/aromatic N) is 3. The Labute approximate surface area is 161 Å². The first-order chi connectivity index (χ1) is 12.5. The fourth-order valence-corrected chi connectivity index (χ4v) is 5.43. The average molecular weight is 364 g/mol. The van der Waals surface area contributed by atoms with Crippen molar-refractivity contribution in [3.63, 3.8) is 0 Å². The summed E-state index contributed by atoms with van der Waals surface area (Å²) in [6.45, 7) is 16.3. The summed E-state index contributed by atoms with van der Waals surface area (Å²) in [7, 11) is 0. The molecule has 0 atom stereocenters. The van der Waals surface area contributed by atoms with Crippen LogP contribution in [0, 0.1) is 11.8 Å². The zero-order valence-corrected chi connectivity index (χ0v) is 17.6. The molecule has 0 radical (unpaired) electrons. The first-order valence-electron chi connectivity index (χ1n) is 11.2. The molecule has 4 nitrogen and oxygen atoms in total. The van der Waals surface area contributed by atoms with Gasteiger partial charge in [0.15, 0.2) is 0 Å². The molecule has 2 aliphatic heterocycles. The molecule has 3 fully saturated rings. The maximum atomic E-state index is 12.2. The summed E-state index contributed by atoms with van der Waals surface area (Å²) in [6.07, 6.45) is 7.40. The predicted molar refractivity (Wildman–Crippen MR) is 108 cm³/mol. The third-order valence-electron chi connectivity index (χ3n) is 7.28. The van der Waals surface area contributed by atoms with Crippen LogP contribution < -0.4 is 0 Å². The summed E-state index contributed by atoms with van der Waals surface area (Å²) in [5.74, 6) is 1.06. The minimum atomic E-state index is 0.212. The van der Waals surface area contributed by atoms with Gasteiger partial charge in [0.1, 0.15) is 5.78 Å². The molecule has 0 aromatic heterocycles. The van der Waals surface area contributed by atoms with Gasteiger partial charge in [-0.2, -0.15) is 0 Å². The van der Waals surface area contributed by atoms with E-state index in [9.17, 15) is 4.79 Å². The van der Waals surface area contributed by atoms with Crippen LogP contribution in [0.5, 0.6) is 0 Å². The third kappa shape index (κ3) is 4.88. The number of carbonyl (C=O) groups excluding carboxylic acids is 1. The Balaban J connectivity index is 1.39. The summed E-state index contributed by atoms with van der Waals surface area (Å²) in [4.78, 5) is 20.4. The van der Waals surface area contributed by atoms with Crippen molar-refractivity contribution in [2.45, 2.75) is 84.3 Å². The highest BCUT2D eigenvalue weighted by atomic mass is 16.1. The second-order valence-electron chi connectivity index (χ2n) is 9.50. The highest BCUT2D eigenvalue weighted by Gasteiger charge is 2.33. The van der Waals surface area contributed by atoms with Crippen molar-refractivity contribution in [2.75, 3.05) is 39.3 Å². The molecule has 2 saturated heterocycles. The zero-order valence-electron chi connectivity index (χ0n) is 17.6. The van der Waals surface area contributed by atoms with Gasteiger partial charge in [0.25, 0.3) is 0 Å². The molecule has 0 amide bonds. The van der Waals surface area contributed by atoms with Crippen LogP contribution in [-0.4, -0.2) is 77.9 Å². The number of Topliss-reactive ketones (excluding diaryl/α,β-unsaturated/α-hetero) is 1. The number of hydrogen-bond acceptors (Lipinski definition) is 4. The fraction of sp³-hybridized carbons (Fsp3) is 0.955. The lowest BCUT2D eigenvalue weighted by molar-refractivity contribution is -0.127. The van der Waals surface area contributed by atoms with E-state index in [2.05, 4.69) is 42.4 Å². The molecule has 0 spiro atoms. The van der Waals surface area contributed by atoms with Crippen LogP contribution in [0.3, 0.4) is 0 Å². The van der Waals surface area contributed by atoms with Gasteiger partial charge in [-0.3, -0.25) is 14.6 Å². The SMILES string of the molecule is CC(C)C(=O)[C@H]1CC[C@H](N2CCC(N3CCN(C(C)C)CC3)CC2)CC1. The molecular weight excluding hydrogens is 322 g/mol. The molecule has 26 heavy (non-hydrogen) atoms. The molecule has 0 N–H and O–H groups in total. The Morgan fingerprint density at radius 3 is 1.69 bits per heavy atom. The Morgan fingerprint density at radius 1 is 0.692 bits per heavy atom. The molecule has 0 bridgehead atoms. The molecule has 2 heterocycles. The van der Waals surface area contributed by atoms with Crippen molar-refractivity contribution in [3.8, 4) is 0 Å². The van der Waals surface area contributed by atoms with Gasteiger partial charge >= 0.3 is 0 Å². The molecule has 1 saturated carbocycles. The van der Waals surface area contributed by atoms with E-state index in [1.807, 2.05) is 0 Å². The Kier molecular flexibility index (Phi) is 7.15. The smallest absolute Gasteiger partial charge is 0.138 e. The summed E-state index contributed by atoms with van der Waals surface area (Å²) in [5.41, 5.74) is 0. The highest BCUT2D eigenvalue weighted by molar-refractivity contribution is 5.82. The summed E-state index contributed by atoms with van der Waals surface area (Å²) in [6, 6.07) is 2.24. The second-order valence-corrected chi connectivity index (χ2v) is 9.50. The third-order valence-corrected chi connectivity index (χ3v) is 7.28. The standard InChI is InChI=1S/C22H41N3O/c1-17(2)22(26)19-5-7-20(8-6-19)24-11-9-21(10-12-24)25-15-13-23(14-16-25)18(3)4/h17-21H,5-16H2,1-4H3/t19-,20-. The fourth-order valence-electron chi connectivity index (χ4n) is 5.43. The zero-order chi connectivity index (χ0) is 18.7. The van der Waals surface area contributed by atoms with Crippen molar-refractivity contribution in [1.29, 1.82) is 0 Å². The van der Waals surface area contributed by atoms with Gasteiger partial charge in [0.2, 0.25) is 0 Å². The summed E-state index contributed by atoms with van der Waals surface area (Å²) in [5, 5.41) is 0. The lowest BCUT2D eigenvalue weighted by Gasteiger charge is -2.46. The van der Waals surface area contributed by atoms with Gasteiger partial charge in [0.05, 0.1) is 0 Å². The largest absolute Gasteiger partial charge is 0.300 e. The van der Waals surface area contributed by atoms with E-state index in [1.165, 1.54) is 65.0 Å². The van der Waals surface area contributed by atoms with E-state index in [-0.39, 0.29) is 5.92 Å². The lowest BCUT2D eigenvalue weighted by atomic mass is 9.79. The number of carbonyl (C=O) groups is 1. The Bertz CT molecular complexity index is 440. The molecule has 3 rings (SSSR count). The first-order valence-corrected chi connectivity index (χ1v) is 11.2. The van der Waals surface area contributed by atoms with E-state index in [4.69, 9.17) is 0 Å². The molecule has 3 aliphatic rings. The molecule has 1 aliphatic carbocycles.